The summed E-state index contributed by atoms with van der Waals surface area (Å²) in [6.45, 7) is 0.411. The smallest absolute Gasteiger partial charge is 0.203 e. The van der Waals surface area contributed by atoms with Crippen LogP contribution in [-0.4, -0.2) is 36.9 Å². The highest BCUT2D eigenvalue weighted by Crippen LogP contribution is 2.38. The Labute approximate surface area is 145 Å². The molecule has 0 saturated heterocycles. The van der Waals surface area contributed by atoms with Gasteiger partial charge < -0.3 is 14.2 Å². The van der Waals surface area contributed by atoms with Crippen LogP contribution >= 0.6 is 0 Å². The van der Waals surface area contributed by atoms with Crippen LogP contribution in [0.1, 0.15) is 40.2 Å². The highest BCUT2D eigenvalue weighted by Gasteiger charge is 2.27. The zero-order valence-corrected chi connectivity index (χ0v) is 14.5. The lowest BCUT2D eigenvalue weighted by Gasteiger charge is -2.16. The monoisotopic (exact) mass is 341 g/mol. The first-order valence-electron chi connectivity index (χ1n) is 7.94. The fourth-order valence-corrected chi connectivity index (χ4v) is 3.19. The molecule has 2 aromatic rings. The van der Waals surface area contributed by atoms with Gasteiger partial charge in [0.15, 0.2) is 23.0 Å². The van der Waals surface area contributed by atoms with Gasteiger partial charge in [0.1, 0.15) is 6.07 Å². The number of nitriles is 1. The molecule has 1 aromatic carbocycles. The minimum absolute atomic E-state index is 0.00561. The number of rotatable bonds is 5. The Hall–Kier alpha value is -3.01. The fourth-order valence-electron chi connectivity index (χ4n) is 3.19. The summed E-state index contributed by atoms with van der Waals surface area (Å²) in [6, 6.07) is 5.71. The Morgan fingerprint density at radius 1 is 1.16 bits per heavy atom. The Morgan fingerprint density at radius 2 is 1.84 bits per heavy atom. The molecule has 1 aliphatic carbocycles. The standard InChI is InChI=1S/C18H19N3O4/c1-23-15-7-11(8-16(24-2)18(15)25-3)10-21-13-5-4-6-14(22)17(13)12(9-19)20-21/h7-8H,4-6,10H2,1-3H3. The molecule has 7 heteroatoms. The molecule has 0 radical (unpaired) electrons. The summed E-state index contributed by atoms with van der Waals surface area (Å²) >= 11 is 0. The van der Waals surface area contributed by atoms with E-state index in [9.17, 15) is 10.1 Å². The van der Waals surface area contributed by atoms with Crippen molar-refractivity contribution in [2.24, 2.45) is 0 Å². The van der Waals surface area contributed by atoms with E-state index in [0.717, 1.165) is 24.1 Å². The van der Waals surface area contributed by atoms with E-state index in [1.54, 1.807) is 26.0 Å². The van der Waals surface area contributed by atoms with E-state index in [1.807, 2.05) is 18.2 Å². The van der Waals surface area contributed by atoms with Crippen molar-refractivity contribution in [3.05, 3.63) is 34.6 Å². The second kappa shape index (κ2) is 6.85. The van der Waals surface area contributed by atoms with Gasteiger partial charge in [0.25, 0.3) is 0 Å². The largest absolute Gasteiger partial charge is 0.493 e. The van der Waals surface area contributed by atoms with Crippen LogP contribution in [0.5, 0.6) is 17.2 Å². The van der Waals surface area contributed by atoms with Gasteiger partial charge >= 0.3 is 0 Å². The molecule has 7 nitrogen and oxygen atoms in total. The van der Waals surface area contributed by atoms with Gasteiger partial charge in [-0.05, 0) is 30.5 Å². The number of carbonyl (C=O) groups is 1. The maximum atomic E-state index is 12.2. The van der Waals surface area contributed by atoms with E-state index in [0.29, 0.717) is 35.8 Å². The number of ketones is 1. The maximum Gasteiger partial charge on any atom is 0.203 e. The summed E-state index contributed by atoms with van der Waals surface area (Å²) in [6.07, 6.45) is 1.98. The molecule has 0 fully saturated rings. The van der Waals surface area contributed by atoms with E-state index < -0.39 is 0 Å². The number of nitrogens with zero attached hydrogens (tertiary/aromatic N) is 3. The molecule has 0 aliphatic heterocycles. The average molecular weight is 341 g/mol. The van der Waals surface area contributed by atoms with Crippen molar-refractivity contribution >= 4 is 5.78 Å². The number of aromatic nitrogens is 2. The molecule has 3 rings (SSSR count). The number of Topliss-reactive ketones (excluding diaryl/α,β-unsaturated/α-hetero) is 1. The summed E-state index contributed by atoms with van der Waals surface area (Å²) in [5.74, 6) is 1.61. The van der Waals surface area contributed by atoms with Crippen LogP contribution in [0.25, 0.3) is 0 Å². The van der Waals surface area contributed by atoms with Crippen LogP contribution in [-0.2, 0) is 13.0 Å². The third kappa shape index (κ3) is 2.91. The highest BCUT2D eigenvalue weighted by atomic mass is 16.5. The first kappa shape index (κ1) is 16.8. The lowest BCUT2D eigenvalue weighted by atomic mass is 9.94. The molecule has 1 heterocycles. The topological polar surface area (TPSA) is 86.4 Å². The van der Waals surface area contributed by atoms with Gasteiger partial charge in [-0.1, -0.05) is 0 Å². The van der Waals surface area contributed by atoms with Crippen LogP contribution in [0, 0.1) is 11.3 Å². The number of methoxy groups -OCH3 is 3. The normalized spacial score (nSPS) is 13.1. The first-order valence-corrected chi connectivity index (χ1v) is 7.94. The van der Waals surface area contributed by atoms with E-state index in [2.05, 4.69) is 5.10 Å². The molecule has 1 aromatic heterocycles. The van der Waals surface area contributed by atoms with Crippen molar-refractivity contribution in [2.75, 3.05) is 21.3 Å². The Balaban J connectivity index is 2.04. The fraction of sp³-hybridized carbons (Fsp3) is 0.389. The highest BCUT2D eigenvalue weighted by molar-refractivity contribution is 6.00. The van der Waals surface area contributed by atoms with Gasteiger partial charge in [0.05, 0.1) is 39.1 Å². The molecule has 25 heavy (non-hydrogen) atoms. The maximum absolute atomic E-state index is 12.2. The quantitative estimate of drug-likeness (QED) is 0.830. The van der Waals surface area contributed by atoms with Gasteiger partial charge in [-0.25, -0.2) is 0 Å². The minimum Gasteiger partial charge on any atom is -0.493 e. The molecule has 0 saturated carbocycles. The molecule has 0 amide bonds. The SMILES string of the molecule is COc1cc(Cn2nc(C#N)c3c2CCCC3=O)cc(OC)c1OC. The Kier molecular flexibility index (Phi) is 4.61. The first-order chi connectivity index (χ1) is 12.1. The molecular weight excluding hydrogens is 322 g/mol. The van der Waals surface area contributed by atoms with Crippen molar-refractivity contribution in [3.63, 3.8) is 0 Å². The van der Waals surface area contributed by atoms with Crippen molar-refractivity contribution in [1.29, 1.82) is 5.26 Å². The third-order valence-corrected chi connectivity index (χ3v) is 4.32. The number of benzene rings is 1. The number of ether oxygens (including phenoxy) is 3. The molecule has 0 N–H and O–H groups in total. The second-order valence-corrected chi connectivity index (χ2v) is 5.75. The zero-order chi connectivity index (χ0) is 18.0. The van der Waals surface area contributed by atoms with Crippen molar-refractivity contribution in [1.82, 2.24) is 9.78 Å². The van der Waals surface area contributed by atoms with Crippen molar-refractivity contribution in [2.45, 2.75) is 25.8 Å². The van der Waals surface area contributed by atoms with Crippen molar-refractivity contribution < 1.29 is 19.0 Å². The number of hydrogen-bond acceptors (Lipinski definition) is 6. The predicted octanol–water partition coefficient (Wildman–Crippen LogP) is 2.35. The summed E-state index contributed by atoms with van der Waals surface area (Å²) in [5, 5.41) is 13.6. The number of hydrogen-bond donors (Lipinski definition) is 0. The molecule has 1 aliphatic rings. The lowest BCUT2D eigenvalue weighted by molar-refractivity contribution is 0.0971. The van der Waals surface area contributed by atoms with Gasteiger partial charge in [0, 0.05) is 6.42 Å². The van der Waals surface area contributed by atoms with Gasteiger partial charge in [-0.15, -0.1) is 0 Å². The summed E-state index contributed by atoms with van der Waals surface area (Å²) in [4.78, 5) is 12.2. The van der Waals surface area contributed by atoms with Gasteiger partial charge in [-0.2, -0.15) is 10.4 Å². The van der Waals surface area contributed by atoms with Gasteiger partial charge in [-0.3, -0.25) is 9.48 Å². The number of carbonyl (C=O) groups excluding carboxylic acids is 1. The summed E-state index contributed by atoms with van der Waals surface area (Å²) in [7, 11) is 4.67. The van der Waals surface area contributed by atoms with Crippen LogP contribution < -0.4 is 14.2 Å². The van der Waals surface area contributed by atoms with Crippen LogP contribution in [0.15, 0.2) is 12.1 Å². The number of fused-ring (bicyclic) bond motifs is 1. The Morgan fingerprint density at radius 3 is 2.40 bits per heavy atom. The Bertz CT molecular complexity index is 839. The van der Waals surface area contributed by atoms with E-state index in [-0.39, 0.29) is 11.5 Å². The lowest BCUT2D eigenvalue weighted by Crippen LogP contribution is -2.14. The zero-order valence-electron chi connectivity index (χ0n) is 14.5. The van der Waals surface area contributed by atoms with Gasteiger partial charge in [0.2, 0.25) is 5.75 Å². The molecule has 0 atom stereocenters. The molecule has 0 bridgehead atoms. The average Bonchev–Trinajstić information content (AvgIpc) is 2.99. The summed E-state index contributed by atoms with van der Waals surface area (Å²) in [5.41, 5.74) is 2.37. The molecule has 0 spiro atoms. The predicted molar refractivity (Wildman–Crippen MR) is 89.4 cm³/mol. The minimum atomic E-state index is -0.00561. The van der Waals surface area contributed by atoms with Crippen LogP contribution in [0.3, 0.4) is 0 Å². The van der Waals surface area contributed by atoms with E-state index >= 15 is 0 Å². The second-order valence-electron chi connectivity index (χ2n) is 5.75. The van der Waals surface area contributed by atoms with E-state index in [4.69, 9.17) is 14.2 Å². The van der Waals surface area contributed by atoms with E-state index in [1.165, 1.54) is 0 Å². The summed E-state index contributed by atoms with van der Waals surface area (Å²) < 4.78 is 17.8. The van der Waals surface area contributed by atoms with Crippen LogP contribution in [0.4, 0.5) is 0 Å². The van der Waals surface area contributed by atoms with Crippen molar-refractivity contribution in [3.8, 4) is 23.3 Å². The molecule has 0 unspecified atom stereocenters. The third-order valence-electron chi connectivity index (χ3n) is 4.32. The van der Waals surface area contributed by atoms with Crippen LogP contribution in [0.2, 0.25) is 0 Å². The molecule has 130 valence electrons. The molecular formula is C18H19N3O4.